The van der Waals surface area contributed by atoms with Crippen LogP contribution < -0.4 is 10.2 Å². The molecule has 37 heavy (non-hydrogen) atoms. The van der Waals surface area contributed by atoms with Crippen LogP contribution in [0.5, 0.6) is 0 Å². The maximum Gasteiger partial charge on any atom is 0.247 e. The summed E-state index contributed by atoms with van der Waals surface area (Å²) in [6.45, 7) is 0.426. The van der Waals surface area contributed by atoms with Crippen LogP contribution in [0.1, 0.15) is 17.2 Å². The predicted molar refractivity (Wildman–Crippen MR) is 144 cm³/mol. The maximum absolute atomic E-state index is 13.8. The van der Waals surface area contributed by atoms with Gasteiger partial charge in [-0.15, -0.1) is 11.6 Å². The van der Waals surface area contributed by atoms with Gasteiger partial charge in [0, 0.05) is 40.5 Å². The van der Waals surface area contributed by atoms with Gasteiger partial charge in [-0.25, -0.2) is 4.98 Å². The lowest BCUT2D eigenvalue weighted by atomic mass is 10.0. The Labute approximate surface area is 219 Å². The minimum absolute atomic E-state index is 0.278. The number of carbonyl (C=O) groups is 2. The molecule has 2 amide bonds. The van der Waals surface area contributed by atoms with Crippen molar-refractivity contribution in [3.8, 4) is 11.3 Å². The van der Waals surface area contributed by atoms with Gasteiger partial charge >= 0.3 is 0 Å². The number of benzene rings is 3. The first-order valence-corrected chi connectivity index (χ1v) is 12.4. The third kappa shape index (κ3) is 5.27. The molecule has 2 aromatic heterocycles. The topological polar surface area (TPSA) is 91.2 Å². The molecule has 1 atom stereocenters. The molecule has 0 fully saturated rings. The van der Waals surface area contributed by atoms with E-state index in [-0.39, 0.29) is 17.7 Å². The number of para-hydroxylation sites is 1. The number of amides is 2. The first-order chi connectivity index (χ1) is 18.2. The number of hydrogen-bond acceptors (Lipinski definition) is 4. The molecule has 0 saturated heterocycles. The largest absolute Gasteiger partial charge is 0.444 e. The van der Waals surface area contributed by atoms with E-state index < -0.39 is 6.04 Å². The number of hydrogen-bond donors (Lipinski definition) is 2. The number of halogens is 1. The fourth-order valence-electron chi connectivity index (χ4n) is 4.44. The van der Waals surface area contributed by atoms with Gasteiger partial charge in [0.05, 0.1) is 6.20 Å². The molecule has 5 rings (SSSR count). The molecule has 0 spiro atoms. The van der Waals surface area contributed by atoms with Crippen molar-refractivity contribution in [1.82, 2.24) is 15.3 Å². The van der Waals surface area contributed by atoms with E-state index in [1.54, 1.807) is 24.5 Å². The van der Waals surface area contributed by atoms with Crippen molar-refractivity contribution in [2.45, 2.75) is 12.5 Å². The summed E-state index contributed by atoms with van der Waals surface area (Å²) in [6.07, 6.45) is 5.43. The van der Waals surface area contributed by atoms with Crippen LogP contribution in [0, 0.1) is 0 Å². The summed E-state index contributed by atoms with van der Waals surface area (Å²) in [5, 5.41) is 3.89. The van der Waals surface area contributed by atoms with Gasteiger partial charge in [-0.2, -0.15) is 0 Å². The Bertz CT molecular complexity index is 1480. The summed E-state index contributed by atoms with van der Waals surface area (Å²) < 4.78 is 5.38. The van der Waals surface area contributed by atoms with Crippen molar-refractivity contribution >= 4 is 40.0 Å². The van der Waals surface area contributed by atoms with Crippen LogP contribution in [0.3, 0.4) is 0 Å². The van der Waals surface area contributed by atoms with Crippen LogP contribution in [0.25, 0.3) is 22.2 Å². The first-order valence-electron chi connectivity index (χ1n) is 11.9. The van der Waals surface area contributed by atoms with Gasteiger partial charge in [0.25, 0.3) is 0 Å². The lowest BCUT2D eigenvalue weighted by Crippen LogP contribution is -2.45. The van der Waals surface area contributed by atoms with Crippen molar-refractivity contribution in [2.24, 2.45) is 0 Å². The van der Waals surface area contributed by atoms with Crippen molar-refractivity contribution in [3.63, 3.8) is 0 Å². The van der Waals surface area contributed by atoms with Crippen LogP contribution in [0.4, 0.5) is 5.69 Å². The van der Waals surface area contributed by atoms with E-state index in [0.717, 1.165) is 22.0 Å². The number of fused-ring (bicyclic) bond motifs is 1. The van der Waals surface area contributed by atoms with Crippen LogP contribution in [-0.2, 0) is 16.0 Å². The zero-order valence-electron chi connectivity index (χ0n) is 19.9. The summed E-state index contributed by atoms with van der Waals surface area (Å²) in [5.41, 5.74) is 4.02. The van der Waals surface area contributed by atoms with Gasteiger partial charge in [0.1, 0.15) is 11.9 Å². The van der Waals surface area contributed by atoms with Crippen LogP contribution >= 0.6 is 11.6 Å². The Hall–Kier alpha value is -4.36. The minimum atomic E-state index is -0.936. The molecular formula is C29H25ClN4O3. The van der Waals surface area contributed by atoms with Crippen molar-refractivity contribution < 1.29 is 14.0 Å². The third-order valence-electron chi connectivity index (χ3n) is 6.22. The smallest absolute Gasteiger partial charge is 0.247 e. The Morgan fingerprint density at radius 2 is 1.76 bits per heavy atom. The van der Waals surface area contributed by atoms with Gasteiger partial charge in [-0.05, 0) is 42.3 Å². The lowest BCUT2D eigenvalue weighted by Gasteiger charge is -2.31. The van der Waals surface area contributed by atoms with Crippen molar-refractivity contribution in [2.75, 3.05) is 17.3 Å². The fraction of sp³-hybridized carbons (Fsp3) is 0.138. The van der Waals surface area contributed by atoms with Crippen LogP contribution in [0.2, 0.25) is 0 Å². The number of carbonyl (C=O) groups excluding carboxylic acids is 2. The molecule has 0 aliphatic carbocycles. The van der Waals surface area contributed by atoms with Crippen molar-refractivity contribution in [1.29, 1.82) is 0 Å². The van der Waals surface area contributed by atoms with E-state index in [4.69, 9.17) is 16.0 Å². The zero-order chi connectivity index (χ0) is 25.6. The molecule has 0 aliphatic rings. The second-order valence-electron chi connectivity index (χ2n) is 8.53. The van der Waals surface area contributed by atoms with Gasteiger partial charge in [-0.1, -0.05) is 48.5 Å². The summed E-state index contributed by atoms with van der Waals surface area (Å²) >= 11 is 6.07. The zero-order valence-corrected chi connectivity index (χ0v) is 20.7. The summed E-state index contributed by atoms with van der Waals surface area (Å²) in [7, 11) is 0. The molecule has 0 aliphatic heterocycles. The highest BCUT2D eigenvalue weighted by molar-refractivity contribution is 6.30. The quantitative estimate of drug-likeness (QED) is 0.255. The number of aromatic amines is 1. The third-order valence-corrected chi connectivity index (χ3v) is 6.45. The molecule has 2 N–H and O–H groups in total. The molecule has 8 heteroatoms. The van der Waals surface area contributed by atoms with E-state index in [1.165, 1.54) is 11.3 Å². The van der Waals surface area contributed by atoms with Gasteiger partial charge < -0.3 is 14.7 Å². The summed E-state index contributed by atoms with van der Waals surface area (Å²) in [4.78, 5) is 35.7. The SMILES string of the molecule is O=C(NCCc1ccccc1)C(c1c[nH]c2ccccc12)N(C(=O)CCl)c1ccc(-c2cnco2)cc1. The highest BCUT2D eigenvalue weighted by Crippen LogP contribution is 2.34. The predicted octanol–water partition coefficient (Wildman–Crippen LogP) is 5.49. The second-order valence-corrected chi connectivity index (χ2v) is 8.80. The maximum atomic E-state index is 13.8. The molecule has 7 nitrogen and oxygen atoms in total. The number of alkyl halides is 1. The minimum Gasteiger partial charge on any atom is -0.444 e. The molecule has 0 saturated carbocycles. The number of oxazole rings is 1. The number of aromatic nitrogens is 2. The number of anilines is 1. The summed E-state index contributed by atoms with van der Waals surface area (Å²) in [5.74, 6) is -0.352. The highest BCUT2D eigenvalue weighted by atomic mass is 35.5. The molecular weight excluding hydrogens is 488 g/mol. The monoisotopic (exact) mass is 512 g/mol. The molecule has 186 valence electrons. The molecule has 3 aromatic carbocycles. The van der Waals surface area contributed by atoms with Crippen LogP contribution in [-0.4, -0.2) is 34.2 Å². The first kappa shape index (κ1) is 24.3. The Kier molecular flexibility index (Phi) is 7.33. The van der Waals surface area contributed by atoms with E-state index in [2.05, 4.69) is 15.3 Å². The Balaban J connectivity index is 1.51. The summed E-state index contributed by atoms with van der Waals surface area (Å²) in [6, 6.07) is 23.9. The number of nitrogens with one attached hydrogen (secondary N) is 2. The average Bonchev–Trinajstić information content (AvgIpc) is 3.63. The van der Waals surface area contributed by atoms with Gasteiger partial charge in [0.15, 0.2) is 12.2 Å². The Morgan fingerprint density at radius 3 is 2.49 bits per heavy atom. The van der Waals surface area contributed by atoms with Gasteiger partial charge in [0.2, 0.25) is 11.8 Å². The second kappa shape index (κ2) is 11.1. The molecule has 0 bridgehead atoms. The van der Waals surface area contributed by atoms with Gasteiger partial charge in [-0.3, -0.25) is 14.5 Å². The molecule has 0 radical (unpaired) electrons. The van der Waals surface area contributed by atoms with E-state index in [9.17, 15) is 9.59 Å². The van der Waals surface area contributed by atoms with Crippen molar-refractivity contribution in [3.05, 3.63) is 109 Å². The highest BCUT2D eigenvalue weighted by Gasteiger charge is 2.34. The number of nitrogens with zero attached hydrogens (tertiary/aromatic N) is 2. The number of H-pyrrole nitrogens is 1. The molecule has 1 unspecified atom stereocenters. The molecule has 2 heterocycles. The Morgan fingerprint density at radius 1 is 1.00 bits per heavy atom. The fourth-order valence-corrected chi connectivity index (χ4v) is 4.56. The normalized spacial score (nSPS) is 11.8. The standard InChI is InChI=1S/C29H25ClN4O3/c30-16-27(35)34(22-12-10-21(11-13-22)26-18-31-19-37-26)28(24-17-33-25-9-5-4-8-23(24)25)29(36)32-15-14-20-6-2-1-3-7-20/h1-13,17-19,28,33H,14-16H2,(H,32,36). The van der Waals surface area contributed by atoms with E-state index in [1.807, 2.05) is 66.7 Å². The van der Waals surface area contributed by atoms with E-state index >= 15 is 0 Å². The average molecular weight is 513 g/mol. The molecule has 5 aromatic rings. The van der Waals surface area contributed by atoms with E-state index in [0.29, 0.717) is 30.0 Å². The lowest BCUT2D eigenvalue weighted by molar-refractivity contribution is -0.125. The van der Waals surface area contributed by atoms with Crippen LogP contribution in [0.15, 0.2) is 102 Å². The number of rotatable bonds is 9.